The van der Waals surface area contributed by atoms with Crippen molar-refractivity contribution in [3.63, 3.8) is 0 Å². The molecular weight excluding hydrogens is 326 g/mol. The topological polar surface area (TPSA) is 65.5 Å². The third-order valence-corrected chi connectivity index (χ3v) is 4.98. The van der Waals surface area contributed by atoms with Crippen LogP contribution >= 0.6 is 11.5 Å². The van der Waals surface area contributed by atoms with Gasteiger partial charge in [0.1, 0.15) is 19.0 Å². The van der Waals surface area contributed by atoms with Crippen molar-refractivity contribution in [2.75, 3.05) is 32.2 Å². The largest absolute Gasteiger partial charge is 0.486 e. The van der Waals surface area contributed by atoms with E-state index in [4.69, 9.17) is 14.2 Å². The van der Waals surface area contributed by atoms with Crippen molar-refractivity contribution in [1.29, 1.82) is 0 Å². The summed E-state index contributed by atoms with van der Waals surface area (Å²) in [7, 11) is 1.69. The van der Waals surface area contributed by atoms with Gasteiger partial charge in [-0.05, 0) is 36.5 Å². The highest BCUT2D eigenvalue weighted by atomic mass is 32.1. The molecule has 0 radical (unpaired) electrons. The van der Waals surface area contributed by atoms with E-state index >= 15 is 0 Å². The molecule has 1 aliphatic carbocycles. The van der Waals surface area contributed by atoms with E-state index in [2.05, 4.69) is 26.8 Å². The number of rotatable bonds is 7. The molecule has 0 amide bonds. The van der Waals surface area contributed by atoms with E-state index in [1.54, 1.807) is 7.11 Å². The zero-order valence-electron chi connectivity index (χ0n) is 13.7. The van der Waals surface area contributed by atoms with E-state index in [-0.39, 0.29) is 6.04 Å². The van der Waals surface area contributed by atoms with Crippen molar-refractivity contribution in [2.45, 2.75) is 25.3 Å². The highest BCUT2D eigenvalue weighted by Gasteiger charge is 2.33. The number of ether oxygens (including phenoxy) is 3. The molecule has 0 saturated heterocycles. The average Bonchev–Trinajstić information content (AvgIpc) is 3.37. The van der Waals surface area contributed by atoms with Crippen LogP contribution in [-0.4, -0.2) is 36.3 Å². The fraction of sp³-hybridized carbons (Fsp3) is 0.529. The summed E-state index contributed by atoms with van der Waals surface area (Å²) in [4.78, 5) is 4.57. The first kappa shape index (κ1) is 15.7. The molecule has 6 nitrogen and oxygen atoms in total. The standard InChI is InChI=1S/C17H21N3O3S/c1-21-7-6-15-18-17(24-20-15)19-16(11-2-3-11)12-4-5-13-14(10-12)23-9-8-22-13/h4-5,10-11,16H,2-3,6-9H2,1H3,(H,18,19,20). The summed E-state index contributed by atoms with van der Waals surface area (Å²) in [6, 6.07) is 6.46. The highest BCUT2D eigenvalue weighted by molar-refractivity contribution is 7.09. The maximum atomic E-state index is 5.72. The van der Waals surface area contributed by atoms with Crippen molar-refractivity contribution in [1.82, 2.24) is 9.36 Å². The molecule has 128 valence electrons. The van der Waals surface area contributed by atoms with E-state index in [1.165, 1.54) is 29.9 Å². The quantitative estimate of drug-likeness (QED) is 0.830. The Morgan fingerprint density at radius 1 is 1.29 bits per heavy atom. The minimum absolute atomic E-state index is 0.240. The van der Waals surface area contributed by atoms with Crippen molar-refractivity contribution in [3.8, 4) is 11.5 Å². The molecule has 4 rings (SSSR count). The molecule has 24 heavy (non-hydrogen) atoms. The second-order valence-electron chi connectivity index (χ2n) is 6.12. The third kappa shape index (κ3) is 3.47. The fourth-order valence-corrected chi connectivity index (χ4v) is 3.55. The second-order valence-corrected chi connectivity index (χ2v) is 6.87. The monoisotopic (exact) mass is 347 g/mol. The van der Waals surface area contributed by atoms with Gasteiger partial charge in [-0.25, -0.2) is 4.98 Å². The number of aromatic nitrogens is 2. The van der Waals surface area contributed by atoms with E-state index in [0.29, 0.717) is 25.7 Å². The number of anilines is 1. The number of nitrogens with zero attached hydrogens (tertiary/aromatic N) is 2. The molecule has 1 fully saturated rings. The fourth-order valence-electron chi connectivity index (χ4n) is 2.90. The van der Waals surface area contributed by atoms with Crippen LogP contribution in [0.15, 0.2) is 18.2 Å². The maximum Gasteiger partial charge on any atom is 0.203 e. The van der Waals surface area contributed by atoms with Crippen LogP contribution in [0.4, 0.5) is 5.13 Å². The highest BCUT2D eigenvalue weighted by Crippen LogP contribution is 2.45. The summed E-state index contributed by atoms with van der Waals surface area (Å²) in [6.45, 7) is 1.87. The molecule has 1 atom stereocenters. The van der Waals surface area contributed by atoms with Crippen LogP contribution in [0.25, 0.3) is 0 Å². The lowest BCUT2D eigenvalue weighted by Crippen LogP contribution is -2.17. The van der Waals surface area contributed by atoms with E-state index in [0.717, 1.165) is 28.9 Å². The van der Waals surface area contributed by atoms with Gasteiger partial charge in [-0.15, -0.1) is 0 Å². The van der Waals surface area contributed by atoms with Gasteiger partial charge in [-0.3, -0.25) is 0 Å². The van der Waals surface area contributed by atoms with Crippen LogP contribution in [0.5, 0.6) is 11.5 Å². The van der Waals surface area contributed by atoms with E-state index < -0.39 is 0 Å². The summed E-state index contributed by atoms with van der Waals surface area (Å²) in [5.74, 6) is 3.14. The predicted octanol–water partition coefficient (Wildman–Crippen LogP) is 3.06. The number of methoxy groups -OCH3 is 1. The molecule has 1 saturated carbocycles. The van der Waals surface area contributed by atoms with Gasteiger partial charge in [0.15, 0.2) is 11.5 Å². The minimum atomic E-state index is 0.240. The molecule has 1 aromatic heterocycles. The van der Waals surface area contributed by atoms with Gasteiger partial charge in [-0.2, -0.15) is 4.37 Å². The van der Waals surface area contributed by atoms with Crippen LogP contribution < -0.4 is 14.8 Å². The number of hydrogen-bond acceptors (Lipinski definition) is 7. The molecule has 2 aromatic rings. The number of nitrogens with one attached hydrogen (secondary N) is 1. The Bertz CT molecular complexity index is 702. The lowest BCUT2D eigenvalue weighted by Gasteiger charge is -2.22. The maximum absolute atomic E-state index is 5.72. The smallest absolute Gasteiger partial charge is 0.203 e. The van der Waals surface area contributed by atoms with Crippen LogP contribution in [0.3, 0.4) is 0 Å². The van der Waals surface area contributed by atoms with Crippen molar-refractivity contribution >= 4 is 16.7 Å². The third-order valence-electron chi connectivity index (χ3n) is 4.30. The van der Waals surface area contributed by atoms with Crippen LogP contribution in [0, 0.1) is 5.92 Å². The van der Waals surface area contributed by atoms with Gasteiger partial charge in [0.25, 0.3) is 0 Å². The van der Waals surface area contributed by atoms with Gasteiger partial charge >= 0.3 is 0 Å². The average molecular weight is 347 g/mol. The lowest BCUT2D eigenvalue weighted by molar-refractivity contribution is 0.171. The Morgan fingerprint density at radius 3 is 2.92 bits per heavy atom. The van der Waals surface area contributed by atoms with Gasteiger partial charge in [0.2, 0.25) is 5.13 Å². The number of benzene rings is 1. The Hall–Kier alpha value is -1.86. The van der Waals surface area contributed by atoms with E-state index in [1.807, 2.05) is 6.07 Å². The number of fused-ring (bicyclic) bond motifs is 1. The molecule has 1 aromatic carbocycles. The van der Waals surface area contributed by atoms with Gasteiger partial charge in [0.05, 0.1) is 12.6 Å². The zero-order chi connectivity index (χ0) is 16.4. The molecule has 2 heterocycles. The van der Waals surface area contributed by atoms with Crippen LogP contribution in [0.2, 0.25) is 0 Å². The Kier molecular flexibility index (Phi) is 4.53. The molecule has 1 aliphatic heterocycles. The first-order valence-electron chi connectivity index (χ1n) is 8.31. The predicted molar refractivity (Wildman–Crippen MR) is 92.0 cm³/mol. The molecular formula is C17H21N3O3S. The summed E-state index contributed by atoms with van der Waals surface area (Å²) in [5, 5.41) is 4.44. The Labute approximate surface area is 145 Å². The molecule has 0 bridgehead atoms. The normalized spacial score (nSPS) is 17.5. The van der Waals surface area contributed by atoms with Crippen molar-refractivity contribution < 1.29 is 14.2 Å². The molecule has 7 heteroatoms. The van der Waals surface area contributed by atoms with Crippen LogP contribution in [-0.2, 0) is 11.2 Å². The van der Waals surface area contributed by atoms with Crippen LogP contribution in [0.1, 0.15) is 30.3 Å². The molecule has 2 aliphatic rings. The Balaban J connectivity index is 1.51. The van der Waals surface area contributed by atoms with Gasteiger partial charge < -0.3 is 19.5 Å². The summed E-state index contributed by atoms with van der Waals surface area (Å²) >= 11 is 1.41. The minimum Gasteiger partial charge on any atom is -0.486 e. The van der Waals surface area contributed by atoms with Gasteiger partial charge in [-0.1, -0.05) is 6.07 Å². The zero-order valence-corrected chi connectivity index (χ0v) is 14.5. The lowest BCUT2D eigenvalue weighted by atomic mass is 10.0. The summed E-state index contributed by atoms with van der Waals surface area (Å²) in [6.07, 6.45) is 3.22. The summed E-state index contributed by atoms with van der Waals surface area (Å²) < 4.78 is 20.8. The molecule has 0 spiro atoms. The Morgan fingerprint density at radius 2 is 2.12 bits per heavy atom. The SMILES string of the molecule is COCCc1nsc(NC(c2ccc3c(c2)OCCO3)C2CC2)n1. The van der Waals surface area contributed by atoms with E-state index in [9.17, 15) is 0 Å². The first-order valence-corrected chi connectivity index (χ1v) is 9.08. The van der Waals surface area contributed by atoms with Gasteiger partial charge in [0, 0.05) is 25.1 Å². The van der Waals surface area contributed by atoms with Crippen molar-refractivity contribution in [2.24, 2.45) is 5.92 Å². The molecule has 1 unspecified atom stereocenters. The summed E-state index contributed by atoms with van der Waals surface area (Å²) in [5.41, 5.74) is 1.22. The second kappa shape index (κ2) is 6.94. The van der Waals surface area contributed by atoms with Crippen molar-refractivity contribution in [3.05, 3.63) is 29.6 Å². The first-order chi connectivity index (χ1) is 11.8. The number of hydrogen-bond donors (Lipinski definition) is 1. The molecule has 1 N–H and O–H groups in total.